The average molecular weight is 295 g/mol. The van der Waals surface area contributed by atoms with Crippen molar-refractivity contribution in [2.75, 3.05) is 13.7 Å². The lowest BCUT2D eigenvalue weighted by Crippen LogP contribution is -2.31. The molecule has 5 nitrogen and oxygen atoms in total. The van der Waals surface area contributed by atoms with E-state index in [2.05, 4.69) is 4.72 Å². The zero-order valence-corrected chi connectivity index (χ0v) is 12.2. The third-order valence-corrected chi connectivity index (χ3v) is 4.34. The van der Waals surface area contributed by atoms with Gasteiger partial charge in [-0.2, -0.15) is 4.72 Å². The molecule has 1 atom stereocenters. The van der Waals surface area contributed by atoms with Crippen molar-refractivity contribution in [1.82, 2.24) is 4.72 Å². The maximum absolute atomic E-state index is 12.3. The van der Waals surface area contributed by atoms with Crippen molar-refractivity contribution in [3.05, 3.63) is 54.0 Å². The van der Waals surface area contributed by atoms with Crippen LogP contribution in [-0.2, 0) is 14.8 Å². The van der Waals surface area contributed by atoms with Crippen molar-refractivity contribution in [3.8, 4) is 0 Å². The SMILES string of the molecule is COCC(NS(=O)(=O)c1ccc(C)cc1)c1ccco1. The van der Waals surface area contributed by atoms with Gasteiger partial charge in [-0.15, -0.1) is 0 Å². The Morgan fingerprint density at radius 1 is 1.25 bits per heavy atom. The van der Waals surface area contributed by atoms with Crippen molar-refractivity contribution in [2.24, 2.45) is 0 Å². The highest BCUT2D eigenvalue weighted by Gasteiger charge is 2.23. The summed E-state index contributed by atoms with van der Waals surface area (Å²) in [7, 11) is -2.10. The molecule has 0 spiro atoms. The fraction of sp³-hybridized carbons (Fsp3) is 0.286. The molecule has 0 fully saturated rings. The van der Waals surface area contributed by atoms with Gasteiger partial charge in [0.15, 0.2) is 0 Å². The van der Waals surface area contributed by atoms with Crippen molar-refractivity contribution in [1.29, 1.82) is 0 Å². The summed E-state index contributed by atoms with van der Waals surface area (Å²) in [6.07, 6.45) is 1.50. The lowest BCUT2D eigenvalue weighted by Gasteiger charge is -2.16. The molecular weight excluding hydrogens is 278 g/mol. The van der Waals surface area contributed by atoms with Crippen LogP contribution in [0, 0.1) is 6.92 Å². The van der Waals surface area contributed by atoms with Crippen LogP contribution in [0.3, 0.4) is 0 Å². The van der Waals surface area contributed by atoms with Gasteiger partial charge >= 0.3 is 0 Å². The number of hydrogen-bond donors (Lipinski definition) is 1. The predicted molar refractivity (Wildman–Crippen MR) is 74.8 cm³/mol. The van der Waals surface area contributed by atoms with Gasteiger partial charge in [-0.25, -0.2) is 8.42 Å². The Hall–Kier alpha value is -1.63. The number of sulfonamides is 1. The molecular formula is C14H17NO4S. The Morgan fingerprint density at radius 3 is 2.50 bits per heavy atom. The first-order valence-electron chi connectivity index (χ1n) is 6.14. The quantitative estimate of drug-likeness (QED) is 0.887. The van der Waals surface area contributed by atoms with Gasteiger partial charge in [0.1, 0.15) is 11.8 Å². The van der Waals surface area contributed by atoms with Crippen LogP contribution in [0.5, 0.6) is 0 Å². The van der Waals surface area contributed by atoms with Gasteiger partial charge in [0.05, 0.1) is 17.8 Å². The Bertz CT molecular complexity index is 632. The largest absolute Gasteiger partial charge is 0.468 e. The average Bonchev–Trinajstić information content (AvgIpc) is 2.92. The van der Waals surface area contributed by atoms with Crippen LogP contribution in [0.15, 0.2) is 52.0 Å². The molecule has 2 aromatic rings. The van der Waals surface area contributed by atoms with E-state index < -0.39 is 16.1 Å². The van der Waals surface area contributed by atoms with Crippen LogP contribution < -0.4 is 4.72 Å². The van der Waals surface area contributed by atoms with Crippen LogP contribution in [0.1, 0.15) is 17.4 Å². The van der Waals surface area contributed by atoms with Gasteiger partial charge in [-0.3, -0.25) is 0 Å². The summed E-state index contributed by atoms with van der Waals surface area (Å²) in [5, 5.41) is 0. The van der Waals surface area contributed by atoms with Gasteiger partial charge < -0.3 is 9.15 Å². The molecule has 20 heavy (non-hydrogen) atoms. The van der Waals surface area contributed by atoms with E-state index in [1.54, 1.807) is 36.4 Å². The maximum Gasteiger partial charge on any atom is 0.241 e. The Labute approximate surface area is 118 Å². The summed E-state index contributed by atoms with van der Waals surface area (Å²) in [5.74, 6) is 0.516. The molecule has 0 saturated carbocycles. The highest BCUT2D eigenvalue weighted by atomic mass is 32.2. The van der Waals surface area contributed by atoms with E-state index in [9.17, 15) is 8.42 Å². The molecule has 0 bridgehead atoms. The van der Waals surface area contributed by atoms with Crippen LogP contribution in [0.25, 0.3) is 0 Å². The zero-order chi connectivity index (χ0) is 14.6. The molecule has 0 aliphatic rings. The lowest BCUT2D eigenvalue weighted by atomic mass is 10.2. The van der Waals surface area contributed by atoms with Crippen molar-refractivity contribution >= 4 is 10.0 Å². The second kappa shape index (κ2) is 6.21. The molecule has 0 aliphatic heterocycles. The molecule has 1 heterocycles. The van der Waals surface area contributed by atoms with Crippen LogP contribution >= 0.6 is 0 Å². The van der Waals surface area contributed by atoms with E-state index in [1.165, 1.54) is 13.4 Å². The van der Waals surface area contributed by atoms with Gasteiger partial charge in [0.25, 0.3) is 0 Å². The standard InChI is InChI=1S/C14H17NO4S/c1-11-5-7-12(8-6-11)20(16,17)15-13(10-18-2)14-4-3-9-19-14/h3-9,13,15H,10H2,1-2H3. The van der Waals surface area contributed by atoms with E-state index in [-0.39, 0.29) is 11.5 Å². The minimum Gasteiger partial charge on any atom is -0.468 e. The van der Waals surface area contributed by atoms with Gasteiger partial charge in [0, 0.05) is 7.11 Å². The monoisotopic (exact) mass is 295 g/mol. The van der Waals surface area contributed by atoms with Gasteiger partial charge in [-0.1, -0.05) is 17.7 Å². The first-order valence-corrected chi connectivity index (χ1v) is 7.62. The van der Waals surface area contributed by atoms with E-state index in [0.717, 1.165) is 5.56 Å². The minimum atomic E-state index is -3.61. The smallest absolute Gasteiger partial charge is 0.241 e. The van der Waals surface area contributed by atoms with Crippen LogP contribution in [0.4, 0.5) is 0 Å². The first-order chi connectivity index (χ1) is 9.53. The van der Waals surface area contributed by atoms with E-state index in [4.69, 9.17) is 9.15 Å². The summed E-state index contributed by atoms with van der Waals surface area (Å²) in [6.45, 7) is 2.10. The number of hydrogen-bond acceptors (Lipinski definition) is 4. The molecule has 1 N–H and O–H groups in total. The van der Waals surface area contributed by atoms with Crippen LogP contribution in [-0.4, -0.2) is 22.1 Å². The second-order valence-corrected chi connectivity index (χ2v) is 6.17. The molecule has 0 saturated heterocycles. The molecule has 1 aromatic heterocycles. The van der Waals surface area contributed by atoms with Gasteiger partial charge in [0.2, 0.25) is 10.0 Å². The van der Waals surface area contributed by atoms with Crippen molar-refractivity contribution in [3.63, 3.8) is 0 Å². The summed E-state index contributed by atoms with van der Waals surface area (Å²) in [4.78, 5) is 0.218. The molecule has 1 aromatic carbocycles. The molecule has 2 rings (SSSR count). The zero-order valence-electron chi connectivity index (χ0n) is 11.4. The second-order valence-electron chi connectivity index (χ2n) is 4.46. The number of methoxy groups -OCH3 is 1. The van der Waals surface area contributed by atoms with E-state index in [0.29, 0.717) is 5.76 Å². The summed E-state index contributed by atoms with van der Waals surface area (Å²) < 4.78 is 37.5. The molecule has 1 unspecified atom stereocenters. The molecule has 0 aliphatic carbocycles. The fourth-order valence-electron chi connectivity index (χ4n) is 1.80. The highest BCUT2D eigenvalue weighted by Crippen LogP contribution is 2.18. The maximum atomic E-state index is 12.3. The number of nitrogens with one attached hydrogen (secondary N) is 1. The van der Waals surface area contributed by atoms with Crippen LogP contribution in [0.2, 0.25) is 0 Å². The first kappa shape index (κ1) is 14.8. The summed E-state index contributed by atoms with van der Waals surface area (Å²) >= 11 is 0. The Balaban J connectivity index is 2.23. The molecule has 0 radical (unpaired) electrons. The number of rotatable bonds is 6. The summed E-state index contributed by atoms with van der Waals surface area (Å²) in [6, 6.07) is 9.52. The van der Waals surface area contributed by atoms with Crippen molar-refractivity contribution in [2.45, 2.75) is 17.9 Å². The third kappa shape index (κ3) is 3.47. The number of furan rings is 1. The van der Waals surface area contributed by atoms with E-state index >= 15 is 0 Å². The number of aryl methyl sites for hydroxylation is 1. The number of benzene rings is 1. The van der Waals surface area contributed by atoms with Crippen molar-refractivity contribution < 1.29 is 17.6 Å². The Kier molecular flexibility index (Phi) is 4.59. The molecule has 6 heteroatoms. The van der Waals surface area contributed by atoms with Gasteiger partial charge in [-0.05, 0) is 31.2 Å². The minimum absolute atomic E-state index is 0.193. The Morgan fingerprint density at radius 2 is 1.95 bits per heavy atom. The van der Waals surface area contributed by atoms with E-state index in [1.807, 2.05) is 6.92 Å². The topological polar surface area (TPSA) is 68.5 Å². The summed E-state index contributed by atoms with van der Waals surface area (Å²) in [5.41, 5.74) is 1.00. The highest BCUT2D eigenvalue weighted by molar-refractivity contribution is 7.89. The molecule has 0 amide bonds. The number of ether oxygens (including phenoxy) is 1. The molecule has 108 valence electrons. The fourth-order valence-corrected chi connectivity index (χ4v) is 2.99. The lowest BCUT2D eigenvalue weighted by molar-refractivity contribution is 0.166. The normalized spacial score (nSPS) is 13.3. The third-order valence-electron chi connectivity index (χ3n) is 2.85. The predicted octanol–water partition coefficient (Wildman–Crippen LogP) is 2.25.